The second-order valence-corrected chi connectivity index (χ2v) is 3.40. The molecule has 1 aliphatic heterocycles. The molecule has 1 atom stereocenters. The van der Waals surface area contributed by atoms with Crippen molar-refractivity contribution in [1.82, 2.24) is 5.32 Å². The summed E-state index contributed by atoms with van der Waals surface area (Å²) in [6.45, 7) is 1.08. The summed E-state index contributed by atoms with van der Waals surface area (Å²) in [6, 6.07) is 0.478. The maximum Gasteiger partial charge on any atom is 0.261 e. The van der Waals surface area contributed by atoms with Gasteiger partial charge in [0.05, 0.1) is 0 Å². The predicted molar refractivity (Wildman–Crippen MR) is 47.1 cm³/mol. The Kier molecular flexibility index (Phi) is 5.23. The molecule has 2 nitrogen and oxygen atoms in total. The molecule has 4 heteroatoms. The van der Waals surface area contributed by atoms with Crippen molar-refractivity contribution in [2.45, 2.75) is 38.2 Å². The first kappa shape index (κ1) is 10.9. The highest BCUT2D eigenvalue weighted by Gasteiger charge is 2.12. The SMILES string of the molecule is FC(F)COCCC1CCCCN1. The lowest BCUT2D eigenvalue weighted by Crippen LogP contribution is -2.34. The van der Waals surface area contributed by atoms with E-state index in [9.17, 15) is 8.78 Å². The maximum atomic E-state index is 11.7. The highest BCUT2D eigenvalue weighted by Crippen LogP contribution is 2.09. The molecule has 1 rings (SSSR count). The van der Waals surface area contributed by atoms with Gasteiger partial charge in [0.1, 0.15) is 6.61 Å². The van der Waals surface area contributed by atoms with Crippen molar-refractivity contribution in [3.8, 4) is 0 Å². The van der Waals surface area contributed by atoms with E-state index in [0.717, 1.165) is 19.4 Å². The zero-order chi connectivity index (χ0) is 9.52. The van der Waals surface area contributed by atoms with Gasteiger partial charge in [0.2, 0.25) is 0 Å². The first-order chi connectivity index (χ1) is 6.29. The van der Waals surface area contributed by atoms with E-state index in [4.69, 9.17) is 4.74 Å². The van der Waals surface area contributed by atoms with Gasteiger partial charge < -0.3 is 10.1 Å². The fourth-order valence-corrected chi connectivity index (χ4v) is 1.57. The van der Waals surface area contributed by atoms with Crippen molar-refractivity contribution in [3.63, 3.8) is 0 Å². The molecule has 0 bridgehead atoms. The van der Waals surface area contributed by atoms with Crippen LogP contribution in [0, 0.1) is 0 Å². The molecule has 1 aliphatic rings. The zero-order valence-electron chi connectivity index (χ0n) is 7.77. The third-order valence-electron chi connectivity index (χ3n) is 2.27. The average Bonchev–Trinajstić information content (AvgIpc) is 2.14. The van der Waals surface area contributed by atoms with Gasteiger partial charge in [-0.1, -0.05) is 6.42 Å². The molecule has 0 aromatic carbocycles. The average molecular weight is 193 g/mol. The van der Waals surface area contributed by atoms with Gasteiger partial charge in [0, 0.05) is 12.6 Å². The molecule has 1 saturated heterocycles. The van der Waals surface area contributed by atoms with Crippen LogP contribution in [0.2, 0.25) is 0 Å². The minimum atomic E-state index is -2.33. The number of halogens is 2. The van der Waals surface area contributed by atoms with Crippen LogP contribution in [0.1, 0.15) is 25.7 Å². The van der Waals surface area contributed by atoms with Gasteiger partial charge in [-0.15, -0.1) is 0 Å². The normalized spacial score (nSPS) is 23.8. The molecule has 1 unspecified atom stereocenters. The fraction of sp³-hybridized carbons (Fsp3) is 1.00. The van der Waals surface area contributed by atoms with E-state index in [2.05, 4.69) is 5.32 Å². The molecule has 13 heavy (non-hydrogen) atoms. The monoisotopic (exact) mass is 193 g/mol. The minimum Gasteiger partial charge on any atom is -0.375 e. The van der Waals surface area contributed by atoms with E-state index in [0.29, 0.717) is 12.6 Å². The molecule has 78 valence electrons. The van der Waals surface area contributed by atoms with Crippen molar-refractivity contribution < 1.29 is 13.5 Å². The van der Waals surface area contributed by atoms with Crippen LogP contribution in [-0.4, -0.2) is 32.2 Å². The van der Waals surface area contributed by atoms with Gasteiger partial charge in [-0.25, -0.2) is 8.78 Å². The van der Waals surface area contributed by atoms with Gasteiger partial charge in [0.15, 0.2) is 0 Å². The summed E-state index contributed by atoms with van der Waals surface area (Å²) in [7, 11) is 0. The van der Waals surface area contributed by atoms with Crippen molar-refractivity contribution >= 4 is 0 Å². The number of nitrogens with one attached hydrogen (secondary N) is 1. The lowest BCUT2D eigenvalue weighted by atomic mass is 10.0. The quantitative estimate of drug-likeness (QED) is 0.672. The Hall–Kier alpha value is -0.220. The van der Waals surface area contributed by atoms with Gasteiger partial charge in [-0.3, -0.25) is 0 Å². The molecule has 1 N–H and O–H groups in total. The van der Waals surface area contributed by atoms with Crippen LogP contribution in [0.25, 0.3) is 0 Å². The Balaban J connectivity index is 1.92. The van der Waals surface area contributed by atoms with Crippen molar-refractivity contribution in [2.24, 2.45) is 0 Å². The van der Waals surface area contributed by atoms with E-state index in [1.54, 1.807) is 0 Å². The first-order valence-electron chi connectivity index (χ1n) is 4.88. The molecule has 0 amide bonds. The molecule has 0 spiro atoms. The summed E-state index contributed by atoms with van der Waals surface area (Å²) >= 11 is 0. The third kappa shape index (κ3) is 5.16. The molecular formula is C9H17F2NO. The molecular weight excluding hydrogens is 176 g/mol. The molecule has 0 radical (unpaired) electrons. The first-order valence-corrected chi connectivity index (χ1v) is 4.88. The second kappa shape index (κ2) is 6.27. The van der Waals surface area contributed by atoms with Crippen molar-refractivity contribution in [2.75, 3.05) is 19.8 Å². The maximum absolute atomic E-state index is 11.7. The largest absolute Gasteiger partial charge is 0.375 e. The Morgan fingerprint density at radius 2 is 2.23 bits per heavy atom. The van der Waals surface area contributed by atoms with Gasteiger partial charge >= 0.3 is 0 Å². The Morgan fingerprint density at radius 3 is 2.85 bits per heavy atom. The van der Waals surface area contributed by atoms with E-state index < -0.39 is 13.0 Å². The summed E-state index contributed by atoms with van der Waals surface area (Å²) in [5, 5.41) is 3.34. The number of ether oxygens (including phenoxy) is 1. The minimum absolute atomic E-state index is 0.424. The summed E-state index contributed by atoms with van der Waals surface area (Å²) in [6.07, 6.45) is 2.14. The summed E-state index contributed by atoms with van der Waals surface area (Å²) in [5.74, 6) is 0. The van der Waals surface area contributed by atoms with Crippen LogP contribution in [-0.2, 0) is 4.74 Å². The van der Waals surface area contributed by atoms with E-state index in [1.165, 1.54) is 12.8 Å². The summed E-state index contributed by atoms with van der Waals surface area (Å²) < 4.78 is 28.1. The summed E-state index contributed by atoms with van der Waals surface area (Å²) in [4.78, 5) is 0. The van der Waals surface area contributed by atoms with Gasteiger partial charge in [0.25, 0.3) is 6.43 Å². The zero-order valence-corrected chi connectivity index (χ0v) is 7.77. The lowest BCUT2D eigenvalue weighted by molar-refractivity contribution is 0.0138. The number of alkyl halides is 2. The van der Waals surface area contributed by atoms with Crippen LogP contribution in [0.15, 0.2) is 0 Å². The number of hydrogen-bond acceptors (Lipinski definition) is 2. The van der Waals surface area contributed by atoms with Crippen LogP contribution in [0.3, 0.4) is 0 Å². The highest BCUT2D eigenvalue weighted by atomic mass is 19.3. The molecule has 1 fully saturated rings. The van der Waals surface area contributed by atoms with Gasteiger partial charge in [-0.2, -0.15) is 0 Å². The smallest absolute Gasteiger partial charge is 0.261 e. The number of hydrogen-bond donors (Lipinski definition) is 1. The molecule has 0 saturated carbocycles. The predicted octanol–water partition coefficient (Wildman–Crippen LogP) is 1.80. The highest BCUT2D eigenvalue weighted by molar-refractivity contribution is 4.71. The second-order valence-electron chi connectivity index (χ2n) is 3.40. The number of rotatable bonds is 5. The van der Waals surface area contributed by atoms with Crippen molar-refractivity contribution in [1.29, 1.82) is 0 Å². The Labute approximate surface area is 77.6 Å². The Bertz CT molecular complexity index is 127. The fourth-order valence-electron chi connectivity index (χ4n) is 1.57. The van der Waals surface area contributed by atoms with Crippen LogP contribution in [0.5, 0.6) is 0 Å². The topological polar surface area (TPSA) is 21.3 Å². The van der Waals surface area contributed by atoms with E-state index >= 15 is 0 Å². The van der Waals surface area contributed by atoms with Crippen LogP contribution < -0.4 is 5.32 Å². The van der Waals surface area contributed by atoms with Gasteiger partial charge in [-0.05, 0) is 25.8 Å². The number of piperidine rings is 1. The molecule has 0 aliphatic carbocycles. The van der Waals surface area contributed by atoms with E-state index in [1.807, 2.05) is 0 Å². The van der Waals surface area contributed by atoms with E-state index in [-0.39, 0.29) is 0 Å². The third-order valence-corrected chi connectivity index (χ3v) is 2.27. The van der Waals surface area contributed by atoms with Crippen LogP contribution >= 0.6 is 0 Å². The lowest BCUT2D eigenvalue weighted by Gasteiger charge is -2.23. The summed E-state index contributed by atoms with van der Waals surface area (Å²) in [5.41, 5.74) is 0. The Morgan fingerprint density at radius 1 is 1.38 bits per heavy atom. The van der Waals surface area contributed by atoms with Crippen molar-refractivity contribution in [3.05, 3.63) is 0 Å². The molecule has 0 aromatic rings. The standard InChI is InChI=1S/C9H17F2NO/c10-9(11)7-13-6-4-8-3-1-2-5-12-8/h8-9,12H,1-7H2. The molecule has 1 heterocycles. The van der Waals surface area contributed by atoms with Crippen LogP contribution in [0.4, 0.5) is 8.78 Å². The molecule has 0 aromatic heterocycles.